The van der Waals surface area contributed by atoms with Crippen LogP contribution in [0.5, 0.6) is 0 Å². The summed E-state index contributed by atoms with van der Waals surface area (Å²) < 4.78 is 0. The summed E-state index contributed by atoms with van der Waals surface area (Å²) in [5, 5.41) is 2.76. The fourth-order valence-corrected chi connectivity index (χ4v) is 3.87. The summed E-state index contributed by atoms with van der Waals surface area (Å²) in [6, 6.07) is 15.0. The Morgan fingerprint density at radius 3 is 2.46 bits per heavy atom. The molecule has 0 spiro atoms. The molecule has 2 heterocycles. The molecule has 28 heavy (non-hydrogen) atoms. The Hall–Kier alpha value is -3.15. The van der Waals surface area contributed by atoms with Crippen LogP contribution in [0.15, 0.2) is 48.5 Å². The molecule has 1 N–H and O–H groups in total. The lowest BCUT2D eigenvalue weighted by atomic mass is 9.91. The van der Waals surface area contributed by atoms with E-state index in [1.54, 1.807) is 11.8 Å². The van der Waals surface area contributed by atoms with Crippen molar-refractivity contribution in [2.24, 2.45) is 0 Å². The van der Waals surface area contributed by atoms with E-state index >= 15 is 0 Å². The molecule has 2 aliphatic heterocycles. The van der Waals surface area contributed by atoms with Gasteiger partial charge in [-0.3, -0.25) is 14.5 Å². The molecule has 0 bridgehead atoms. The number of hydrogen-bond acceptors (Lipinski definition) is 3. The van der Waals surface area contributed by atoms with E-state index in [1.807, 2.05) is 49.4 Å². The van der Waals surface area contributed by atoms with E-state index < -0.39 is 17.5 Å². The molecule has 4 amide bonds. The third-order valence-corrected chi connectivity index (χ3v) is 5.68. The highest BCUT2D eigenvalue weighted by molar-refractivity contribution is 6.09. The summed E-state index contributed by atoms with van der Waals surface area (Å²) in [5.74, 6) is -0.613. The van der Waals surface area contributed by atoms with Crippen LogP contribution < -0.4 is 5.32 Å². The van der Waals surface area contributed by atoms with Gasteiger partial charge in [0.15, 0.2) is 0 Å². The zero-order valence-electron chi connectivity index (χ0n) is 16.1. The van der Waals surface area contributed by atoms with Gasteiger partial charge >= 0.3 is 6.03 Å². The molecular weight excluding hydrogens is 354 g/mol. The number of aryl methyl sites for hydroxylation is 1. The number of urea groups is 1. The zero-order valence-corrected chi connectivity index (χ0v) is 16.1. The number of rotatable bonds is 3. The van der Waals surface area contributed by atoms with Crippen LogP contribution in [0.2, 0.25) is 0 Å². The topological polar surface area (TPSA) is 69.7 Å². The van der Waals surface area contributed by atoms with Crippen LogP contribution in [0.3, 0.4) is 0 Å². The zero-order chi connectivity index (χ0) is 19.9. The van der Waals surface area contributed by atoms with E-state index in [1.165, 1.54) is 5.56 Å². The number of carbonyl (C=O) groups excluding carboxylic acids is 3. The first kappa shape index (κ1) is 18.2. The van der Waals surface area contributed by atoms with Crippen LogP contribution in [0.25, 0.3) is 0 Å². The van der Waals surface area contributed by atoms with Gasteiger partial charge in [-0.1, -0.05) is 54.1 Å². The van der Waals surface area contributed by atoms with E-state index in [9.17, 15) is 14.4 Å². The van der Waals surface area contributed by atoms with Gasteiger partial charge in [0.25, 0.3) is 5.91 Å². The number of carbonyl (C=O) groups is 3. The van der Waals surface area contributed by atoms with E-state index in [0.29, 0.717) is 18.7 Å². The van der Waals surface area contributed by atoms with Crippen molar-refractivity contribution in [1.29, 1.82) is 0 Å². The molecule has 0 aliphatic carbocycles. The van der Waals surface area contributed by atoms with Gasteiger partial charge in [-0.05, 0) is 37.0 Å². The highest BCUT2D eigenvalue weighted by Crippen LogP contribution is 2.29. The average Bonchev–Trinajstić information content (AvgIpc) is 2.92. The normalized spacial score (nSPS) is 21.5. The van der Waals surface area contributed by atoms with Gasteiger partial charge in [-0.15, -0.1) is 0 Å². The Bertz CT molecular complexity index is 954. The Morgan fingerprint density at radius 1 is 1.07 bits per heavy atom. The molecule has 2 aromatic carbocycles. The van der Waals surface area contributed by atoms with Crippen molar-refractivity contribution < 1.29 is 14.4 Å². The molecule has 144 valence electrons. The average molecular weight is 377 g/mol. The predicted octanol–water partition coefficient (Wildman–Crippen LogP) is 2.35. The van der Waals surface area contributed by atoms with Gasteiger partial charge in [-0.2, -0.15) is 0 Å². The van der Waals surface area contributed by atoms with Crippen molar-refractivity contribution in [2.75, 3.05) is 13.1 Å². The first-order valence-electron chi connectivity index (χ1n) is 9.44. The number of hydrogen-bond donors (Lipinski definition) is 1. The lowest BCUT2D eigenvalue weighted by molar-refractivity contribution is -0.139. The molecule has 1 fully saturated rings. The third-order valence-electron chi connectivity index (χ3n) is 5.68. The molecule has 0 radical (unpaired) electrons. The molecule has 1 saturated heterocycles. The van der Waals surface area contributed by atoms with Crippen LogP contribution in [0.1, 0.15) is 29.2 Å². The molecular formula is C22H23N3O3. The largest absolute Gasteiger partial charge is 0.336 e. The lowest BCUT2D eigenvalue weighted by Crippen LogP contribution is -2.45. The monoisotopic (exact) mass is 377 g/mol. The second-order valence-electron chi connectivity index (χ2n) is 7.65. The number of fused-ring (bicyclic) bond motifs is 1. The Kier molecular flexibility index (Phi) is 4.41. The van der Waals surface area contributed by atoms with Crippen LogP contribution in [0, 0.1) is 6.92 Å². The highest BCUT2D eigenvalue weighted by Gasteiger charge is 2.49. The van der Waals surface area contributed by atoms with Gasteiger partial charge in [0.2, 0.25) is 5.91 Å². The van der Waals surface area contributed by atoms with Crippen molar-refractivity contribution >= 4 is 17.8 Å². The number of imide groups is 1. The maximum atomic E-state index is 13.0. The van der Waals surface area contributed by atoms with E-state index in [2.05, 4.69) is 11.4 Å². The van der Waals surface area contributed by atoms with Gasteiger partial charge in [-0.25, -0.2) is 4.79 Å². The second-order valence-corrected chi connectivity index (χ2v) is 7.65. The highest BCUT2D eigenvalue weighted by atomic mass is 16.2. The molecule has 1 atom stereocenters. The maximum Gasteiger partial charge on any atom is 0.325 e. The minimum atomic E-state index is -1.15. The minimum absolute atomic E-state index is 0.217. The molecule has 6 heteroatoms. The number of nitrogens with one attached hydrogen (secondary N) is 1. The Morgan fingerprint density at radius 2 is 1.75 bits per heavy atom. The lowest BCUT2D eigenvalue weighted by Gasteiger charge is -2.30. The molecule has 1 unspecified atom stereocenters. The van der Waals surface area contributed by atoms with Gasteiger partial charge in [0.05, 0.1) is 0 Å². The molecule has 4 rings (SSSR count). The van der Waals surface area contributed by atoms with Crippen molar-refractivity contribution in [3.8, 4) is 0 Å². The number of nitrogens with zero attached hydrogens (tertiary/aromatic N) is 2. The van der Waals surface area contributed by atoms with Crippen LogP contribution in [-0.4, -0.2) is 40.7 Å². The Labute approximate surface area is 164 Å². The fourth-order valence-electron chi connectivity index (χ4n) is 3.87. The quantitative estimate of drug-likeness (QED) is 0.835. The SMILES string of the molecule is Cc1ccc(C2(C)NC(=O)N(CC(=O)N3CCc4ccccc4C3)C2=O)cc1. The van der Waals surface area contributed by atoms with Gasteiger partial charge in [0.1, 0.15) is 12.1 Å². The first-order valence-corrected chi connectivity index (χ1v) is 9.44. The molecule has 2 aromatic rings. The summed E-state index contributed by atoms with van der Waals surface area (Å²) in [5.41, 5.74) is 2.98. The molecule has 0 aromatic heterocycles. The first-order chi connectivity index (χ1) is 13.4. The van der Waals surface area contributed by atoms with Crippen molar-refractivity contribution in [3.63, 3.8) is 0 Å². The Balaban J connectivity index is 1.49. The van der Waals surface area contributed by atoms with Crippen molar-refractivity contribution in [3.05, 3.63) is 70.8 Å². The summed E-state index contributed by atoms with van der Waals surface area (Å²) in [6.07, 6.45) is 0.781. The molecule has 0 saturated carbocycles. The van der Waals surface area contributed by atoms with Crippen LogP contribution in [-0.2, 0) is 28.1 Å². The summed E-state index contributed by atoms with van der Waals surface area (Å²) in [6.45, 7) is 4.50. The minimum Gasteiger partial charge on any atom is -0.336 e. The fraction of sp³-hybridized carbons (Fsp3) is 0.318. The van der Waals surface area contributed by atoms with E-state index in [0.717, 1.165) is 22.4 Å². The maximum absolute atomic E-state index is 13.0. The van der Waals surface area contributed by atoms with Gasteiger partial charge < -0.3 is 10.2 Å². The van der Waals surface area contributed by atoms with Gasteiger partial charge in [0, 0.05) is 13.1 Å². The standard InChI is InChI=1S/C22H23N3O3/c1-15-7-9-18(10-8-15)22(2)20(27)25(21(28)23-22)14-19(26)24-12-11-16-5-3-4-6-17(16)13-24/h3-10H,11-14H2,1-2H3,(H,23,28). The predicted molar refractivity (Wildman–Crippen MR) is 104 cm³/mol. The summed E-state index contributed by atoms with van der Waals surface area (Å²) in [7, 11) is 0. The van der Waals surface area contributed by atoms with Crippen molar-refractivity contribution in [2.45, 2.75) is 32.4 Å². The van der Waals surface area contributed by atoms with Crippen LogP contribution in [0.4, 0.5) is 4.79 Å². The summed E-state index contributed by atoms with van der Waals surface area (Å²) in [4.78, 5) is 41.0. The second kappa shape index (κ2) is 6.78. The molecule has 6 nitrogen and oxygen atoms in total. The third kappa shape index (κ3) is 3.05. The number of amides is 4. The summed E-state index contributed by atoms with van der Waals surface area (Å²) >= 11 is 0. The smallest absolute Gasteiger partial charge is 0.325 e. The van der Waals surface area contributed by atoms with E-state index in [-0.39, 0.29) is 12.5 Å². The number of benzene rings is 2. The van der Waals surface area contributed by atoms with Crippen LogP contribution >= 0.6 is 0 Å². The van der Waals surface area contributed by atoms with E-state index in [4.69, 9.17) is 0 Å². The molecule has 2 aliphatic rings. The van der Waals surface area contributed by atoms with Crippen molar-refractivity contribution in [1.82, 2.24) is 15.1 Å².